The minimum Gasteiger partial charge on any atom is -0.489 e. The molecule has 2 atom stereocenters. The summed E-state index contributed by atoms with van der Waals surface area (Å²) in [6.07, 6.45) is 2.06. The van der Waals surface area contributed by atoms with Crippen LogP contribution < -0.4 is 14.4 Å². The highest BCUT2D eigenvalue weighted by Gasteiger charge is 2.32. The number of ether oxygens (including phenoxy) is 1. The molecule has 42 heavy (non-hydrogen) atoms. The molecular weight excluding hydrogens is 597 g/mol. The topological polar surface area (TPSA) is 96.0 Å². The van der Waals surface area contributed by atoms with Crippen LogP contribution in [0.25, 0.3) is 0 Å². The summed E-state index contributed by atoms with van der Waals surface area (Å²) in [6.45, 7) is 5.46. The van der Waals surface area contributed by atoms with E-state index in [9.17, 15) is 18.0 Å². The third kappa shape index (κ3) is 9.37. The Kier molecular flexibility index (Phi) is 12.1. The molecule has 2 amide bonds. The standard InChI is InChI=1S/C31H37Cl2N3O5S/c1-5-22(3)34-31(38)29(6-2)35(19-24-12-13-25(32)18-28(24)33)30(37)20-36(42(4,39)40)26-14-16-27(17-15-26)41-21-23-10-8-7-9-11-23/h7-18,22,29H,5-6,19-21H2,1-4H3,(H,34,38)/t22-,29+/m0/s1. The predicted octanol–water partition coefficient (Wildman–Crippen LogP) is 6.06. The van der Waals surface area contributed by atoms with Gasteiger partial charge in [-0.1, -0.05) is 73.4 Å². The van der Waals surface area contributed by atoms with Crippen molar-refractivity contribution in [1.82, 2.24) is 10.2 Å². The Morgan fingerprint density at radius 1 is 0.952 bits per heavy atom. The van der Waals surface area contributed by atoms with Gasteiger partial charge in [0.2, 0.25) is 21.8 Å². The number of halogens is 2. The minimum absolute atomic E-state index is 0.00880. The van der Waals surface area contributed by atoms with Gasteiger partial charge in [-0.25, -0.2) is 8.42 Å². The molecule has 8 nitrogen and oxygen atoms in total. The summed E-state index contributed by atoms with van der Waals surface area (Å²) in [6, 6.07) is 20.1. The number of nitrogens with one attached hydrogen (secondary N) is 1. The van der Waals surface area contributed by atoms with E-state index in [1.807, 2.05) is 44.2 Å². The fraction of sp³-hybridized carbons (Fsp3) is 0.355. The van der Waals surface area contributed by atoms with Crippen LogP contribution in [0.2, 0.25) is 10.0 Å². The summed E-state index contributed by atoms with van der Waals surface area (Å²) in [5, 5.41) is 3.71. The molecule has 3 aromatic rings. The van der Waals surface area contributed by atoms with E-state index in [1.54, 1.807) is 49.4 Å². The number of hydrogen-bond acceptors (Lipinski definition) is 5. The lowest BCUT2D eigenvalue weighted by molar-refractivity contribution is -0.140. The van der Waals surface area contributed by atoms with E-state index in [0.29, 0.717) is 46.5 Å². The summed E-state index contributed by atoms with van der Waals surface area (Å²) in [4.78, 5) is 28.5. The van der Waals surface area contributed by atoms with Gasteiger partial charge in [0, 0.05) is 22.6 Å². The van der Waals surface area contributed by atoms with Gasteiger partial charge in [0.25, 0.3) is 0 Å². The van der Waals surface area contributed by atoms with Crippen molar-refractivity contribution in [3.05, 3.63) is 94.0 Å². The van der Waals surface area contributed by atoms with Crippen LogP contribution >= 0.6 is 23.2 Å². The van der Waals surface area contributed by atoms with Gasteiger partial charge in [0.15, 0.2) is 0 Å². The number of hydrogen-bond donors (Lipinski definition) is 1. The lowest BCUT2D eigenvalue weighted by Gasteiger charge is -2.33. The number of anilines is 1. The van der Waals surface area contributed by atoms with Gasteiger partial charge >= 0.3 is 0 Å². The van der Waals surface area contributed by atoms with Gasteiger partial charge in [0.05, 0.1) is 11.9 Å². The second kappa shape index (κ2) is 15.3. The lowest BCUT2D eigenvalue weighted by Crippen LogP contribution is -2.53. The van der Waals surface area contributed by atoms with Crippen molar-refractivity contribution in [2.24, 2.45) is 0 Å². The van der Waals surface area contributed by atoms with E-state index in [4.69, 9.17) is 27.9 Å². The van der Waals surface area contributed by atoms with Gasteiger partial charge in [-0.2, -0.15) is 0 Å². The van der Waals surface area contributed by atoms with Gasteiger partial charge < -0.3 is 15.0 Å². The summed E-state index contributed by atoms with van der Waals surface area (Å²) in [5.41, 5.74) is 1.86. The van der Waals surface area contributed by atoms with Crippen LogP contribution in [0.15, 0.2) is 72.8 Å². The van der Waals surface area contributed by atoms with Gasteiger partial charge in [-0.05, 0) is 67.3 Å². The van der Waals surface area contributed by atoms with Crippen molar-refractivity contribution >= 4 is 50.7 Å². The molecule has 0 heterocycles. The Morgan fingerprint density at radius 2 is 1.62 bits per heavy atom. The first-order valence-corrected chi connectivity index (χ1v) is 16.3. The molecule has 11 heteroatoms. The lowest BCUT2D eigenvalue weighted by atomic mass is 10.1. The van der Waals surface area contributed by atoms with Crippen molar-refractivity contribution in [3.8, 4) is 5.75 Å². The largest absolute Gasteiger partial charge is 0.489 e. The molecule has 0 aromatic heterocycles. The molecule has 0 saturated carbocycles. The van der Waals surface area contributed by atoms with Crippen molar-refractivity contribution in [2.45, 2.75) is 58.8 Å². The van der Waals surface area contributed by atoms with Crippen LogP contribution in [0.3, 0.4) is 0 Å². The Labute approximate surface area is 258 Å². The molecule has 0 aliphatic carbocycles. The molecule has 0 aliphatic rings. The van der Waals surface area contributed by atoms with E-state index in [2.05, 4.69) is 5.32 Å². The Balaban J connectivity index is 1.88. The maximum absolute atomic E-state index is 13.9. The number of amides is 2. The zero-order valence-corrected chi connectivity index (χ0v) is 26.5. The first-order chi connectivity index (χ1) is 19.9. The van der Waals surface area contributed by atoms with Crippen LogP contribution in [0.5, 0.6) is 5.75 Å². The number of carbonyl (C=O) groups is 2. The highest BCUT2D eigenvalue weighted by atomic mass is 35.5. The van der Waals surface area contributed by atoms with Gasteiger partial charge in [-0.15, -0.1) is 0 Å². The van der Waals surface area contributed by atoms with Crippen LogP contribution in [-0.4, -0.2) is 50.0 Å². The molecule has 0 aliphatic heterocycles. The summed E-state index contributed by atoms with van der Waals surface area (Å²) >= 11 is 12.5. The van der Waals surface area contributed by atoms with Crippen LogP contribution in [0, 0.1) is 0 Å². The third-order valence-corrected chi connectivity index (χ3v) is 8.52. The van der Waals surface area contributed by atoms with Crippen molar-refractivity contribution < 1.29 is 22.7 Å². The van der Waals surface area contributed by atoms with Crippen molar-refractivity contribution in [3.63, 3.8) is 0 Å². The maximum atomic E-state index is 13.9. The number of benzene rings is 3. The van der Waals surface area contributed by atoms with Gasteiger partial charge in [-0.3, -0.25) is 13.9 Å². The highest BCUT2D eigenvalue weighted by molar-refractivity contribution is 7.92. The van der Waals surface area contributed by atoms with E-state index in [-0.39, 0.29) is 18.5 Å². The highest BCUT2D eigenvalue weighted by Crippen LogP contribution is 2.26. The number of sulfonamides is 1. The fourth-order valence-electron chi connectivity index (χ4n) is 4.26. The molecular formula is C31H37Cl2N3O5S. The van der Waals surface area contributed by atoms with Gasteiger partial charge in [0.1, 0.15) is 24.9 Å². The second-order valence-corrected chi connectivity index (χ2v) is 12.8. The number of rotatable bonds is 14. The van der Waals surface area contributed by atoms with Crippen LogP contribution in [0.1, 0.15) is 44.7 Å². The quantitative estimate of drug-likeness (QED) is 0.233. The number of carbonyl (C=O) groups excluding carboxylic acids is 2. The molecule has 0 bridgehead atoms. The zero-order chi connectivity index (χ0) is 30.9. The summed E-state index contributed by atoms with van der Waals surface area (Å²) < 4.78 is 32.6. The molecule has 0 radical (unpaired) electrons. The Hall–Kier alpha value is -3.27. The smallest absolute Gasteiger partial charge is 0.244 e. The first-order valence-electron chi connectivity index (χ1n) is 13.7. The molecule has 0 unspecified atom stereocenters. The number of nitrogens with zero attached hydrogens (tertiary/aromatic N) is 2. The summed E-state index contributed by atoms with van der Waals surface area (Å²) in [7, 11) is -3.88. The normalized spacial score (nSPS) is 12.7. The fourth-order valence-corrected chi connectivity index (χ4v) is 5.58. The molecule has 1 N–H and O–H groups in total. The molecule has 3 aromatic carbocycles. The SMILES string of the molecule is CC[C@H](C(=O)N[C@@H](C)CC)N(Cc1ccc(Cl)cc1Cl)C(=O)CN(c1ccc(OCc2ccccc2)cc1)S(C)(=O)=O. The van der Waals surface area contributed by atoms with E-state index >= 15 is 0 Å². The maximum Gasteiger partial charge on any atom is 0.244 e. The zero-order valence-electron chi connectivity index (χ0n) is 24.2. The minimum atomic E-state index is -3.88. The van der Waals surface area contributed by atoms with Crippen LogP contribution in [-0.2, 0) is 32.8 Å². The molecule has 226 valence electrons. The molecule has 3 rings (SSSR count). The van der Waals surface area contributed by atoms with Crippen LogP contribution in [0.4, 0.5) is 5.69 Å². The Morgan fingerprint density at radius 3 is 2.19 bits per heavy atom. The monoisotopic (exact) mass is 633 g/mol. The average Bonchev–Trinajstić information content (AvgIpc) is 2.96. The van der Waals surface area contributed by atoms with E-state index in [1.165, 1.54) is 4.90 Å². The van der Waals surface area contributed by atoms with Crippen molar-refractivity contribution in [2.75, 3.05) is 17.1 Å². The van der Waals surface area contributed by atoms with E-state index < -0.39 is 28.5 Å². The second-order valence-electron chi connectivity index (χ2n) is 10.0. The summed E-state index contributed by atoms with van der Waals surface area (Å²) in [5.74, 6) is -0.327. The molecule has 0 spiro atoms. The first kappa shape index (κ1) is 33.2. The van der Waals surface area contributed by atoms with E-state index in [0.717, 1.165) is 16.1 Å². The molecule has 0 fully saturated rings. The average molecular weight is 635 g/mol. The van der Waals surface area contributed by atoms with Crippen molar-refractivity contribution in [1.29, 1.82) is 0 Å². The Bertz CT molecular complexity index is 1450. The third-order valence-electron chi connectivity index (χ3n) is 6.79. The molecule has 0 saturated heterocycles. The predicted molar refractivity (Wildman–Crippen MR) is 168 cm³/mol.